The van der Waals surface area contributed by atoms with Gasteiger partial charge in [-0.1, -0.05) is 41.9 Å². The fourth-order valence-corrected chi connectivity index (χ4v) is 5.11. The number of fused-ring (bicyclic) bond motifs is 1. The average molecular weight is 546 g/mol. The van der Waals surface area contributed by atoms with Gasteiger partial charge in [0.15, 0.2) is 11.5 Å². The third-order valence-electron chi connectivity index (χ3n) is 6.98. The van der Waals surface area contributed by atoms with Gasteiger partial charge < -0.3 is 14.4 Å². The summed E-state index contributed by atoms with van der Waals surface area (Å²) < 4.78 is 10.6. The lowest BCUT2D eigenvalue weighted by Gasteiger charge is -2.26. The lowest BCUT2D eigenvalue weighted by atomic mass is 10.0. The van der Waals surface area contributed by atoms with Gasteiger partial charge in [-0.05, 0) is 71.5 Å². The maximum absolute atomic E-state index is 13.2. The first-order valence-electron chi connectivity index (χ1n) is 12.6. The first kappa shape index (κ1) is 26.3. The van der Waals surface area contributed by atoms with Gasteiger partial charge >= 0.3 is 6.03 Å². The summed E-state index contributed by atoms with van der Waals surface area (Å²) in [5, 5.41) is 3.03. The molecule has 0 radical (unpaired) electrons. The van der Waals surface area contributed by atoms with Gasteiger partial charge in [0.05, 0.1) is 14.2 Å². The van der Waals surface area contributed by atoms with Crippen LogP contribution in [-0.2, 0) is 29.0 Å². The Hall–Kier alpha value is -4.30. The molecule has 5 rings (SSSR count). The summed E-state index contributed by atoms with van der Waals surface area (Å²) in [6.07, 6.45) is 2.78. The Morgan fingerprint density at radius 3 is 2.54 bits per heavy atom. The second-order valence-corrected chi connectivity index (χ2v) is 9.77. The quantitative estimate of drug-likeness (QED) is 0.328. The fourth-order valence-electron chi connectivity index (χ4n) is 4.92. The lowest BCUT2D eigenvalue weighted by Crippen LogP contribution is -2.54. The molecule has 1 N–H and O–H groups in total. The van der Waals surface area contributed by atoms with E-state index in [-0.39, 0.29) is 12.1 Å². The SMILES string of the molecule is COc1ccc(CCN2C(=O)NC(=O)/C(=C\c3ccc4c(c3)CCN4Cc3ccccc3Cl)C2=O)cc1OC. The second kappa shape index (κ2) is 11.2. The van der Waals surface area contributed by atoms with Crippen molar-refractivity contribution in [2.45, 2.75) is 19.4 Å². The number of hydrogen-bond acceptors (Lipinski definition) is 6. The number of benzene rings is 3. The van der Waals surface area contributed by atoms with E-state index in [1.54, 1.807) is 32.4 Å². The Labute approximate surface area is 231 Å². The number of nitrogens with zero attached hydrogens (tertiary/aromatic N) is 2. The average Bonchev–Trinajstić information content (AvgIpc) is 3.33. The van der Waals surface area contributed by atoms with Gasteiger partial charge in [0.2, 0.25) is 0 Å². The molecule has 0 unspecified atom stereocenters. The molecule has 0 saturated carbocycles. The van der Waals surface area contributed by atoms with Crippen molar-refractivity contribution in [2.24, 2.45) is 0 Å². The topological polar surface area (TPSA) is 88.2 Å². The van der Waals surface area contributed by atoms with Crippen molar-refractivity contribution in [1.29, 1.82) is 0 Å². The van der Waals surface area contributed by atoms with Crippen molar-refractivity contribution in [3.05, 3.63) is 93.5 Å². The Morgan fingerprint density at radius 2 is 1.77 bits per heavy atom. The smallest absolute Gasteiger partial charge is 0.331 e. The van der Waals surface area contributed by atoms with Crippen LogP contribution in [0.15, 0.2) is 66.2 Å². The first-order chi connectivity index (χ1) is 18.9. The number of amides is 4. The minimum atomic E-state index is -0.730. The number of ether oxygens (including phenoxy) is 2. The summed E-state index contributed by atoms with van der Waals surface area (Å²) in [6.45, 7) is 1.65. The van der Waals surface area contributed by atoms with Crippen LogP contribution in [0.25, 0.3) is 6.08 Å². The van der Waals surface area contributed by atoms with Crippen molar-refractivity contribution >= 4 is 41.2 Å². The van der Waals surface area contributed by atoms with Crippen LogP contribution in [0.2, 0.25) is 5.02 Å². The molecule has 1 saturated heterocycles. The zero-order valence-corrected chi connectivity index (χ0v) is 22.5. The second-order valence-electron chi connectivity index (χ2n) is 9.36. The number of nitrogens with one attached hydrogen (secondary N) is 1. The number of methoxy groups -OCH3 is 2. The zero-order chi connectivity index (χ0) is 27.5. The van der Waals surface area contributed by atoms with Crippen molar-refractivity contribution in [3.63, 3.8) is 0 Å². The van der Waals surface area contributed by atoms with Crippen LogP contribution in [0.1, 0.15) is 22.3 Å². The molecule has 200 valence electrons. The van der Waals surface area contributed by atoms with Crippen LogP contribution in [0.4, 0.5) is 10.5 Å². The molecule has 0 atom stereocenters. The van der Waals surface area contributed by atoms with Crippen LogP contribution in [0, 0.1) is 0 Å². The molecule has 2 heterocycles. The van der Waals surface area contributed by atoms with E-state index in [0.717, 1.165) is 50.8 Å². The summed E-state index contributed by atoms with van der Waals surface area (Å²) in [5.74, 6) is -0.175. The van der Waals surface area contributed by atoms with E-state index in [4.69, 9.17) is 21.1 Å². The molecule has 2 aliphatic heterocycles. The Kier molecular flexibility index (Phi) is 7.56. The van der Waals surface area contributed by atoms with Crippen LogP contribution < -0.4 is 19.7 Å². The normalized spacial score (nSPS) is 16.0. The molecular weight excluding hydrogens is 518 g/mol. The Bertz CT molecular complexity index is 1490. The van der Waals surface area contributed by atoms with E-state index in [2.05, 4.69) is 10.2 Å². The summed E-state index contributed by atoms with van der Waals surface area (Å²) in [7, 11) is 3.10. The Balaban J connectivity index is 1.32. The number of carbonyl (C=O) groups excluding carboxylic acids is 3. The van der Waals surface area contributed by atoms with Gasteiger partial charge in [-0.3, -0.25) is 19.8 Å². The van der Waals surface area contributed by atoms with E-state index in [0.29, 0.717) is 24.5 Å². The summed E-state index contributed by atoms with van der Waals surface area (Å²) in [5.41, 5.74) is 4.79. The molecule has 39 heavy (non-hydrogen) atoms. The number of carbonyl (C=O) groups is 3. The number of urea groups is 1. The largest absolute Gasteiger partial charge is 0.493 e. The standard InChI is InChI=1S/C30H28ClN3O5/c1-38-26-10-8-19(17-27(26)39-2)11-14-34-29(36)23(28(35)32-30(34)37)16-20-7-9-25-21(15-20)12-13-33(25)18-22-5-3-4-6-24(22)31/h3-10,15-17H,11-14,18H2,1-2H3,(H,32,35,37)/b23-16+. The number of hydrogen-bond donors (Lipinski definition) is 1. The van der Waals surface area contributed by atoms with E-state index < -0.39 is 17.8 Å². The highest BCUT2D eigenvalue weighted by Crippen LogP contribution is 2.32. The molecule has 4 amide bonds. The Morgan fingerprint density at radius 1 is 0.974 bits per heavy atom. The molecule has 0 spiro atoms. The first-order valence-corrected chi connectivity index (χ1v) is 13.0. The van der Waals surface area contributed by atoms with E-state index in [9.17, 15) is 14.4 Å². The predicted molar refractivity (Wildman–Crippen MR) is 149 cm³/mol. The van der Waals surface area contributed by atoms with Crippen LogP contribution in [-0.4, -0.2) is 50.1 Å². The minimum Gasteiger partial charge on any atom is -0.493 e. The third kappa shape index (κ3) is 5.47. The molecular formula is C30H28ClN3O5. The number of imide groups is 2. The van der Waals surface area contributed by atoms with Crippen LogP contribution >= 0.6 is 11.6 Å². The molecule has 0 aromatic heterocycles. The van der Waals surface area contributed by atoms with Crippen molar-refractivity contribution in [2.75, 3.05) is 32.2 Å². The lowest BCUT2D eigenvalue weighted by molar-refractivity contribution is -0.130. The van der Waals surface area contributed by atoms with Crippen molar-refractivity contribution in [1.82, 2.24) is 10.2 Å². The van der Waals surface area contributed by atoms with Crippen molar-refractivity contribution < 1.29 is 23.9 Å². The molecule has 9 heteroatoms. The highest BCUT2D eigenvalue weighted by Gasteiger charge is 2.35. The van der Waals surface area contributed by atoms with Gasteiger partial charge in [-0.2, -0.15) is 0 Å². The van der Waals surface area contributed by atoms with Gasteiger partial charge in [0.1, 0.15) is 5.57 Å². The molecule has 3 aromatic carbocycles. The van der Waals surface area contributed by atoms with Crippen LogP contribution in [0.5, 0.6) is 11.5 Å². The summed E-state index contributed by atoms with van der Waals surface area (Å²) in [4.78, 5) is 41.7. The maximum Gasteiger partial charge on any atom is 0.331 e. The molecule has 0 bridgehead atoms. The number of anilines is 1. The summed E-state index contributed by atoms with van der Waals surface area (Å²) in [6, 6.07) is 18.3. The van der Waals surface area contributed by atoms with Gasteiger partial charge in [-0.25, -0.2) is 4.79 Å². The van der Waals surface area contributed by atoms with E-state index >= 15 is 0 Å². The van der Waals surface area contributed by atoms with Crippen LogP contribution in [0.3, 0.4) is 0 Å². The zero-order valence-electron chi connectivity index (χ0n) is 21.7. The number of rotatable bonds is 8. The molecule has 8 nitrogen and oxygen atoms in total. The highest BCUT2D eigenvalue weighted by atomic mass is 35.5. The fraction of sp³-hybridized carbons (Fsp3) is 0.233. The van der Waals surface area contributed by atoms with Gasteiger partial charge in [0, 0.05) is 30.3 Å². The molecule has 1 fully saturated rings. The third-order valence-corrected chi connectivity index (χ3v) is 7.35. The summed E-state index contributed by atoms with van der Waals surface area (Å²) >= 11 is 6.35. The van der Waals surface area contributed by atoms with E-state index in [1.807, 2.05) is 48.5 Å². The minimum absolute atomic E-state index is 0.0761. The molecule has 0 aliphatic carbocycles. The number of halogens is 1. The van der Waals surface area contributed by atoms with Gasteiger partial charge in [-0.15, -0.1) is 0 Å². The molecule has 3 aromatic rings. The highest BCUT2D eigenvalue weighted by molar-refractivity contribution is 6.31. The van der Waals surface area contributed by atoms with Gasteiger partial charge in [0.25, 0.3) is 11.8 Å². The molecule has 2 aliphatic rings. The maximum atomic E-state index is 13.2. The predicted octanol–water partition coefficient (Wildman–Crippen LogP) is 4.62. The monoisotopic (exact) mass is 545 g/mol. The van der Waals surface area contributed by atoms with Crippen molar-refractivity contribution in [3.8, 4) is 11.5 Å². The van der Waals surface area contributed by atoms with E-state index in [1.165, 1.54) is 0 Å². The number of barbiturate groups is 1.